The summed E-state index contributed by atoms with van der Waals surface area (Å²) in [7, 11) is 1.58. The Morgan fingerprint density at radius 3 is 2.62 bits per heavy atom. The number of carbonyl (C=O) groups excluding carboxylic acids is 2. The first-order valence-corrected chi connectivity index (χ1v) is 9.55. The van der Waals surface area contributed by atoms with Crippen LogP contribution in [0.15, 0.2) is 59.7 Å². The van der Waals surface area contributed by atoms with Gasteiger partial charge < -0.3 is 10.2 Å². The fourth-order valence-electron chi connectivity index (χ4n) is 3.12. The van der Waals surface area contributed by atoms with E-state index >= 15 is 0 Å². The molecular weight excluding hydrogens is 368 g/mol. The van der Waals surface area contributed by atoms with Crippen molar-refractivity contribution in [2.24, 2.45) is 0 Å². The molecule has 29 heavy (non-hydrogen) atoms. The van der Waals surface area contributed by atoms with Crippen LogP contribution in [-0.4, -0.2) is 39.9 Å². The number of likely N-dealkylation sites (N-methyl/N-ethyl adjacent to an activating group) is 1. The minimum absolute atomic E-state index is 0.0538. The highest BCUT2D eigenvalue weighted by molar-refractivity contribution is 5.95. The SMILES string of the molecule is CCc1ccccc1NC(=O)CN(C)C(=O)CCn1cnc2ccccc2c1=O. The van der Waals surface area contributed by atoms with Crippen molar-refractivity contribution in [3.05, 3.63) is 70.8 Å². The number of benzene rings is 2. The van der Waals surface area contributed by atoms with Crippen LogP contribution in [0.4, 0.5) is 5.69 Å². The van der Waals surface area contributed by atoms with Crippen LogP contribution < -0.4 is 10.9 Å². The fraction of sp³-hybridized carbons (Fsp3) is 0.273. The van der Waals surface area contributed by atoms with E-state index in [0.717, 1.165) is 17.7 Å². The number of aryl methyl sites for hydroxylation is 2. The van der Waals surface area contributed by atoms with Crippen LogP contribution in [0.1, 0.15) is 18.9 Å². The van der Waals surface area contributed by atoms with Gasteiger partial charge in [-0.2, -0.15) is 0 Å². The van der Waals surface area contributed by atoms with Gasteiger partial charge in [0.1, 0.15) is 0 Å². The van der Waals surface area contributed by atoms with Gasteiger partial charge in [-0.15, -0.1) is 0 Å². The van der Waals surface area contributed by atoms with Crippen molar-refractivity contribution in [3.8, 4) is 0 Å². The van der Waals surface area contributed by atoms with E-state index in [1.165, 1.54) is 15.8 Å². The molecule has 2 aromatic carbocycles. The quantitative estimate of drug-likeness (QED) is 0.669. The van der Waals surface area contributed by atoms with Crippen LogP contribution in [0.25, 0.3) is 10.9 Å². The molecule has 0 fully saturated rings. The van der Waals surface area contributed by atoms with Crippen molar-refractivity contribution >= 4 is 28.4 Å². The highest BCUT2D eigenvalue weighted by atomic mass is 16.2. The monoisotopic (exact) mass is 392 g/mol. The van der Waals surface area contributed by atoms with Crippen molar-refractivity contribution in [1.29, 1.82) is 0 Å². The molecule has 0 aliphatic carbocycles. The summed E-state index contributed by atoms with van der Waals surface area (Å²) in [4.78, 5) is 42.8. The van der Waals surface area contributed by atoms with Gasteiger partial charge >= 0.3 is 0 Å². The Bertz CT molecular complexity index is 1090. The zero-order valence-electron chi connectivity index (χ0n) is 16.6. The van der Waals surface area contributed by atoms with Crippen molar-refractivity contribution in [1.82, 2.24) is 14.5 Å². The third kappa shape index (κ3) is 4.87. The molecule has 3 rings (SSSR count). The fourth-order valence-corrected chi connectivity index (χ4v) is 3.12. The zero-order valence-corrected chi connectivity index (χ0v) is 16.6. The van der Waals surface area contributed by atoms with Crippen molar-refractivity contribution in [2.75, 3.05) is 18.9 Å². The van der Waals surface area contributed by atoms with Crippen LogP contribution in [0.5, 0.6) is 0 Å². The van der Waals surface area contributed by atoms with Crippen LogP contribution >= 0.6 is 0 Å². The van der Waals surface area contributed by atoms with Gasteiger partial charge in [-0.05, 0) is 30.2 Å². The first kappa shape index (κ1) is 20.3. The summed E-state index contributed by atoms with van der Waals surface area (Å²) in [6, 6.07) is 14.7. The Hall–Kier alpha value is -3.48. The van der Waals surface area contributed by atoms with E-state index in [-0.39, 0.29) is 36.9 Å². The minimum atomic E-state index is -0.258. The van der Waals surface area contributed by atoms with E-state index < -0.39 is 0 Å². The molecule has 1 aromatic heterocycles. The van der Waals surface area contributed by atoms with Crippen molar-refractivity contribution in [2.45, 2.75) is 26.3 Å². The third-order valence-corrected chi connectivity index (χ3v) is 4.78. The first-order valence-electron chi connectivity index (χ1n) is 9.55. The molecular formula is C22H24N4O3. The highest BCUT2D eigenvalue weighted by Gasteiger charge is 2.14. The number of anilines is 1. The summed E-state index contributed by atoms with van der Waals surface area (Å²) in [6.45, 7) is 2.17. The van der Waals surface area contributed by atoms with Crippen LogP contribution in [0.3, 0.4) is 0 Å². The molecule has 7 nitrogen and oxygen atoms in total. The van der Waals surface area contributed by atoms with E-state index in [1.807, 2.05) is 37.3 Å². The van der Waals surface area contributed by atoms with E-state index in [1.54, 1.807) is 25.2 Å². The molecule has 0 aliphatic heterocycles. The van der Waals surface area contributed by atoms with Crippen molar-refractivity contribution < 1.29 is 9.59 Å². The van der Waals surface area contributed by atoms with Gasteiger partial charge in [-0.25, -0.2) is 4.98 Å². The number of fused-ring (bicyclic) bond motifs is 1. The molecule has 0 radical (unpaired) electrons. The molecule has 0 spiro atoms. The normalized spacial score (nSPS) is 10.7. The van der Waals surface area contributed by atoms with E-state index in [2.05, 4.69) is 10.3 Å². The van der Waals surface area contributed by atoms with Gasteiger partial charge in [-0.3, -0.25) is 19.0 Å². The van der Waals surface area contributed by atoms with Crippen LogP contribution in [-0.2, 0) is 22.6 Å². The van der Waals surface area contributed by atoms with E-state index in [4.69, 9.17) is 0 Å². The topological polar surface area (TPSA) is 84.3 Å². The Balaban J connectivity index is 1.57. The van der Waals surface area contributed by atoms with E-state index in [0.29, 0.717) is 10.9 Å². The van der Waals surface area contributed by atoms with Gasteiger partial charge in [0.05, 0.1) is 23.8 Å². The number of aromatic nitrogens is 2. The smallest absolute Gasteiger partial charge is 0.261 e. The number of carbonyl (C=O) groups is 2. The second-order valence-electron chi connectivity index (χ2n) is 6.82. The van der Waals surface area contributed by atoms with Crippen molar-refractivity contribution in [3.63, 3.8) is 0 Å². The van der Waals surface area contributed by atoms with Gasteiger partial charge in [0.25, 0.3) is 5.56 Å². The Morgan fingerprint density at radius 1 is 1.10 bits per heavy atom. The Kier molecular flexibility index (Phi) is 6.39. The first-order chi connectivity index (χ1) is 14.0. The molecule has 0 saturated carbocycles. The maximum atomic E-state index is 12.5. The second-order valence-corrected chi connectivity index (χ2v) is 6.82. The minimum Gasteiger partial charge on any atom is -0.336 e. The van der Waals surface area contributed by atoms with E-state index in [9.17, 15) is 14.4 Å². The molecule has 7 heteroatoms. The molecule has 1 heterocycles. The largest absolute Gasteiger partial charge is 0.336 e. The number of hydrogen-bond donors (Lipinski definition) is 1. The third-order valence-electron chi connectivity index (χ3n) is 4.78. The van der Waals surface area contributed by atoms with Gasteiger partial charge in [-0.1, -0.05) is 37.3 Å². The zero-order chi connectivity index (χ0) is 20.8. The molecule has 3 aromatic rings. The molecule has 0 bridgehead atoms. The lowest BCUT2D eigenvalue weighted by atomic mass is 10.1. The van der Waals surface area contributed by atoms with Gasteiger partial charge in [0.2, 0.25) is 11.8 Å². The number of para-hydroxylation sites is 2. The van der Waals surface area contributed by atoms with Gasteiger partial charge in [0, 0.05) is 25.7 Å². The summed E-state index contributed by atoms with van der Waals surface area (Å²) in [5.74, 6) is -0.477. The maximum absolute atomic E-state index is 12.5. The molecule has 0 unspecified atom stereocenters. The molecule has 0 atom stereocenters. The number of nitrogens with zero attached hydrogens (tertiary/aromatic N) is 3. The Labute approximate surface area is 169 Å². The summed E-state index contributed by atoms with van der Waals surface area (Å²) in [6.07, 6.45) is 2.36. The predicted octanol–water partition coefficient (Wildman–Crippen LogP) is 2.45. The number of rotatable bonds is 7. The molecule has 1 N–H and O–H groups in total. The number of amides is 2. The Morgan fingerprint density at radius 2 is 1.83 bits per heavy atom. The molecule has 0 saturated heterocycles. The number of hydrogen-bond acceptors (Lipinski definition) is 4. The lowest BCUT2D eigenvalue weighted by Gasteiger charge is -2.18. The predicted molar refractivity (Wildman–Crippen MR) is 113 cm³/mol. The van der Waals surface area contributed by atoms with Crippen LogP contribution in [0.2, 0.25) is 0 Å². The molecule has 0 aliphatic rings. The summed E-state index contributed by atoms with van der Waals surface area (Å²) >= 11 is 0. The average Bonchev–Trinajstić information content (AvgIpc) is 2.73. The summed E-state index contributed by atoms with van der Waals surface area (Å²) in [5, 5.41) is 3.37. The lowest BCUT2D eigenvalue weighted by molar-refractivity contribution is -0.133. The van der Waals surface area contributed by atoms with Crippen LogP contribution in [0, 0.1) is 0 Å². The summed E-state index contributed by atoms with van der Waals surface area (Å²) < 4.78 is 1.42. The molecule has 2 amide bonds. The number of nitrogens with one attached hydrogen (secondary N) is 1. The maximum Gasteiger partial charge on any atom is 0.261 e. The average molecular weight is 392 g/mol. The molecule has 150 valence electrons. The highest BCUT2D eigenvalue weighted by Crippen LogP contribution is 2.15. The second kappa shape index (κ2) is 9.14. The van der Waals surface area contributed by atoms with Gasteiger partial charge in [0.15, 0.2) is 0 Å². The summed E-state index contributed by atoms with van der Waals surface area (Å²) in [5.41, 5.74) is 2.24. The lowest BCUT2D eigenvalue weighted by Crippen LogP contribution is -2.36. The standard InChI is InChI=1S/C22H24N4O3/c1-3-16-8-4-6-10-18(16)24-20(27)14-25(2)21(28)12-13-26-15-23-19-11-7-5-9-17(19)22(26)29/h4-11,15H,3,12-14H2,1-2H3,(H,24,27).